The van der Waals surface area contributed by atoms with Crippen molar-refractivity contribution in [3.05, 3.63) is 130 Å². The Labute approximate surface area is 271 Å². The van der Waals surface area contributed by atoms with Gasteiger partial charge in [-0.1, -0.05) is 47.5 Å². The van der Waals surface area contributed by atoms with Gasteiger partial charge in [-0.15, -0.1) is 0 Å². The quantitative estimate of drug-likeness (QED) is 0.207. The van der Waals surface area contributed by atoms with Crippen LogP contribution in [0.15, 0.2) is 101 Å². The normalized spacial score (nSPS) is 12.1. The number of nitriles is 1. The van der Waals surface area contributed by atoms with Crippen LogP contribution in [0, 0.1) is 31.0 Å². The van der Waals surface area contributed by atoms with E-state index < -0.39 is 26.1 Å². The summed E-state index contributed by atoms with van der Waals surface area (Å²) in [6.07, 6.45) is 1.95. The van der Waals surface area contributed by atoms with E-state index in [1.165, 1.54) is 30.3 Å². The van der Waals surface area contributed by atoms with Gasteiger partial charge in [-0.05, 0) is 56.3 Å². The Kier molecular flexibility index (Phi) is 11.2. The molecule has 15 heteroatoms. The van der Waals surface area contributed by atoms with E-state index in [0.29, 0.717) is 17.3 Å². The van der Waals surface area contributed by atoms with E-state index in [4.69, 9.17) is 19.1 Å². The van der Waals surface area contributed by atoms with Gasteiger partial charge in [0.15, 0.2) is 5.82 Å². The third-order valence-corrected chi connectivity index (χ3v) is 8.36. The number of aromatic nitrogens is 3. The van der Waals surface area contributed by atoms with Crippen LogP contribution >= 0.6 is 0 Å². The number of halogens is 1. The molecule has 0 unspecified atom stereocenters. The lowest BCUT2D eigenvalue weighted by Crippen LogP contribution is -2.06. The Morgan fingerprint density at radius 2 is 1.49 bits per heavy atom. The number of nitrogens with one attached hydrogen (secondary N) is 1. The average molecular weight is 680 g/mol. The van der Waals surface area contributed by atoms with Crippen molar-refractivity contribution in [2.75, 3.05) is 0 Å². The molecule has 3 heterocycles. The van der Waals surface area contributed by atoms with Gasteiger partial charge in [0, 0.05) is 36.5 Å². The summed E-state index contributed by atoms with van der Waals surface area (Å²) in [6, 6.07) is 23.5. The van der Waals surface area contributed by atoms with Crippen LogP contribution in [-0.4, -0.2) is 40.7 Å². The number of rotatable bonds is 6. The molecule has 0 spiro atoms. The maximum atomic E-state index is 13.9. The molecule has 12 nitrogen and oxygen atoms in total. The molecular formula is C32H30FN5O7S2. The molecule has 0 bridgehead atoms. The zero-order valence-electron chi connectivity index (χ0n) is 25.2. The van der Waals surface area contributed by atoms with Crippen LogP contribution in [0.4, 0.5) is 4.39 Å². The van der Waals surface area contributed by atoms with Gasteiger partial charge in [-0.25, -0.2) is 9.07 Å². The van der Waals surface area contributed by atoms with Gasteiger partial charge in [0.1, 0.15) is 12.4 Å². The van der Waals surface area contributed by atoms with Crippen LogP contribution in [0.2, 0.25) is 0 Å². The maximum absolute atomic E-state index is 13.9. The molecule has 5 aromatic rings. The number of nitrogens with zero attached hydrogens (tertiary/aromatic N) is 4. The summed E-state index contributed by atoms with van der Waals surface area (Å²) in [4.78, 5) is 4.28. The molecule has 0 saturated heterocycles. The standard InChI is InChI=1S/C18H14FN5O.2C7H8O3S/c19-15-6-12(7-20)4-5-13(15)11-25-18-3-1-2-17(22-18)24-10-14-8-21-9-16(14)23-24;2*1-6-2-4-7(5-3-6)11(8,9)10/h1-6,10,21H,8-9,11H2;2*2-5H,1H3,(H,8,9,10). The first kappa shape index (κ1) is 34.9. The summed E-state index contributed by atoms with van der Waals surface area (Å²) in [5.74, 6) is 0.563. The molecule has 1 aliphatic rings. The van der Waals surface area contributed by atoms with Gasteiger partial charge in [0.05, 0.1) is 27.1 Å². The lowest BCUT2D eigenvalue weighted by Gasteiger charge is -2.08. The third-order valence-electron chi connectivity index (χ3n) is 6.62. The molecule has 1 aliphatic heterocycles. The van der Waals surface area contributed by atoms with Gasteiger partial charge in [0.2, 0.25) is 5.88 Å². The predicted molar refractivity (Wildman–Crippen MR) is 169 cm³/mol. The molecule has 6 rings (SSSR count). The molecule has 47 heavy (non-hydrogen) atoms. The second-order valence-electron chi connectivity index (χ2n) is 10.3. The van der Waals surface area contributed by atoms with Gasteiger partial charge in [0.25, 0.3) is 20.2 Å². The highest BCUT2D eigenvalue weighted by Crippen LogP contribution is 2.19. The molecular weight excluding hydrogens is 650 g/mol. The monoisotopic (exact) mass is 679 g/mol. The van der Waals surface area contributed by atoms with Gasteiger partial charge < -0.3 is 10.1 Å². The molecule has 0 aliphatic carbocycles. The summed E-state index contributed by atoms with van der Waals surface area (Å²) >= 11 is 0. The zero-order chi connectivity index (χ0) is 34.2. The number of pyridine rings is 1. The van der Waals surface area contributed by atoms with Gasteiger partial charge in [-0.2, -0.15) is 32.2 Å². The largest absolute Gasteiger partial charge is 0.473 e. The van der Waals surface area contributed by atoms with Crippen molar-refractivity contribution in [2.45, 2.75) is 43.3 Å². The van der Waals surface area contributed by atoms with Crippen molar-refractivity contribution in [1.29, 1.82) is 5.26 Å². The van der Waals surface area contributed by atoms with Crippen molar-refractivity contribution in [3.63, 3.8) is 0 Å². The first-order chi connectivity index (χ1) is 22.2. The minimum absolute atomic E-state index is 0.0352. The Bertz CT molecular complexity index is 2020. The van der Waals surface area contributed by atoms with E-state index in [2.05, 4.69) is 15.4 Å². The highest BCUT2D eigenvalue weighted by molar-refractivity contribution is 7.86. The molecule has 0 atom stereocenters. The van der Waals surface area contributed by atoms with E-state index in [1.807, 2.05) is 38.2 Å². The summed E-state index contributed by atoms with van der Waals surface area (Å²) in [7, 11) is -8.04. The van der Waals surface area contributed by atoms with Crippen molar-refractivity contribution in [3.8, 4) is 17.8 Å². The second-order valence-corrected chi connectivity index (χ2v) is 13.1. The number of hydrogen-bond acceptors (Lipinski definition) is 9. The average Bonchev–Trinajstić information content (AvgIpc) is 3.64. The fourth-order valence-corrected chi connectivity index (χ4v) is 5.05. The minimum Gasteiger partial charge on any atom is -0.473 e. The Hall–Kier alpha value is -4.98. The first-order valence-corrected chi connectivity index (χ1v) is 16.8. The van der Waals surface area contributed by atoms with Gasteiger partial charge >= 0.3 is 0 Å². The molecule has 244 valence electrons. The number of aryl methyl sites for hydroxylation is 2. The Balaban J connectivity index is 0.000000188. The van der Waals surface area contributed by atoms with Crippen molar-refractivity contribution in [2.24, 2.45) is 0 Å². The van der Waals surface area contributed by atoms with E-state index in [-0.39, 0.29) is 22.0 Å². The second kappa shape index (κ2) is 15.1. The van der Waals surface area contributed by atoms with Crippen molar-refractivity contribution >= 4 is 20.2 Å². The number of hydrogen-bond donors (Lipinski definition) is 3. The predicted octanol–water partition coefficient (Wildman–Crippen LogP) is 4.94. The highest BCUT2D eigenvalue weighted by Gasteiger charge is 2.16. The highest BCUT2D eigenvalue weighted by atomic mass is 32.2. The van der Waals surface area contributed by atoms with Crippen LogP contribution in [0.25, 0.3) is 5.82 Å². The van der Waals surface area contributed by atoms with Crippen LogP contribution in [0.5, 0.6) is 5.88 Å². The third kappa shape index (κ3) is 10.0. The maximum Gasteiger partial charge on any atom is 0.294 e. The molecule has 0 saturated carbocycles. The molecule has 3 N–H and O–H groups in total. The molecule has 3 aromatic carbocycles. The Morgan fingerprint density at radius 3 is 2.00 bits per heavy atom. The Morgan fingerprint density at radius 1 is 0.894 bits per heavy atom. The van der Waals surface area contributed by atoms with Gasteiger partial charge in [-0.3, -0.25) is 9.11 Å². The van der Waals surface area contributed by atoms with Crippen LogP contribution < -0.4 is 10.1 Å². The summed E-state index contributed by atoms with van der Waals surface area (Å²) in [5, 5.41) is 16.5. The van der Waals surface area contributed by atoms with E-state index in [9.17, 15) is 21.2 Å². The smallest absolute Gasteiger partial charge is 0.294 e. The fraction of sp³-hybridized carbons (Fsp3) is 0.156. The minimum atomic E-state index is -4.02. The van der Waals surface area contributed by atoms with E-state index >= 15 is 0 Å². The first-order valence-electron chi connectivity index (χ1n) is 13.9. The number of fused-ring (bicyclic) bond motifs is 1. The summed E-state index contributed by atoms with van der Waals surface area (Å²) < 4.78 is 80.3. The summed E-state index contributed by atoms with van der Waals surface area (Å²) in [5.41, 5.74) is 4.74. The van der Waals surface area contributed by atoms with E-state index in [1.54, 1.807) is 47.1 Å². The molecule has 0 fully saturated rings. The number of benzene rings is 3. The summed E-state index contributed by atoms with van der Waals surface area (Å²) in [6.45, 7) is 5.29. The molecule has 0 radical (unpaired) electrons. The molecule has 2 aromatic heterocycles. The SMILES string of the molecule is Cc1ccc(S(=O)(=O)O)cc1.Cc1ccc(S(=O)(=O)O)cc1.N#Cc1ccc(COc2cccc(-n3cc4c(n3)CNC4)n2)c(F)c1. The van der Waals surface area contributed by atoms with Crippen molar-refractivity contribution < 1.29 is 35.1 Å². The topological polar surface area (TPSA) is 184 Å². The van der Waals surface area contributed by atoms with E-state index in [0.717, 1.165) is 35.5 Å². The zero-order valence-corrected chi connectivity index (χ0v) is 26.8. The fourth-order valence-electron chi connectivity index (χ4n) is 4.09. The lowest BCUT2D eigenvalue weighted by molar-refractivity contribution is 0.287. The van der Waals surface area contributed by atoms with Crippen LogP contribution in [0.1, 0.15) is 33.5 Å². The number of ether oxygens (including phenoxy) is 1. The van der Waals surface area contributed by atoms with Crippen molar-refractivity contribution in [1.82, 2.24) is 20.1 Å². The van der Waals surface area contributed by atoms with Crippen LogP contribution in [-0.2, 0) is 39.9 Å². The molecule has 0 amide bonds. The lowest BCUT2D eigenvalue weighted by atomic mass is 10.1. The van der Waals surface area contributed by atoms with Crippen LogP contribution in [0.3, 0.4) is 0 Å².